The number of rotatable bonds is 3. The van der Waals surface area contributed by atoms with Gasteiger partial charge in [-0.2, -0.15) is 0 Å². The van der Waals surface area contributed by atoms with Gasteiger partial charge in [0.05, 0.1) is 0 Å². The second kappa shape index (κ2) is 5.53. The van der Waals surface area contributed by atoms with Crippen LogP contribution in [0.15, 0.2) is 18.2 Å². The molecule has 1 amide bonds. The van der Waals surface area contributed by atoms with E-state index in [-0.39, 0.29) is 11.9 Å². The fourth-order valence-electron chi connectivity index (χ4n) is 2.20. The molecule has 1 aromatic carbocycles. The van der Waals surface area contributed by atoms with Crippen LogP contribution in [0.5, 0.6) is 0 Å². The van der Waals surface area contributed by atoms with Crippen molar-refractivity contribution in [2.45, 2.75) is 39.8 Å². The van der Waals surface area contributed by atoms with Gasteiger partial charge in [0.1, 0.15) is 0 Å². The summed E-state index contributed by atoms with van der Waals surface area (Å²) in [4.78, 5) is 12.3. The lowest BCUT2D eigenvalue weighted by Crippen LogP contribution is -2.37. The van der Waals surface area contributed by atoms with E-state index >= 15 is 0 Å². The van der Waals surface area contributed by atoms with E-state index in [1.807, 2.05) is 12.1 Å². The van der Waals surface area contributed by atoms with Gasteiger partial charge >= 0.3 is 0 Å². The molecule has 3 heteroatoms. The number of carbonyl (C=O) groups is 1. The number of fused-ring (bicyclic) bond motifs is 1. The lowest BCUT2D eigenvalue weighted by Gasteiger charge is -2.22. The van der Waals surface area contributed by atoms with Gasteiger partial charge in [0.2, 0.25) is 0 Å². The van der Waals surface area contributed by atoms with Crippen molar-refractivity contribution in [3.8, 4) is 0 Å². The van der Waals surface area contributed by atoms with Gasteiger partial charge in [-0.05, 0) is 43.0 Å². The minimum atomic E-state index is 0.0648. The molecule has 0 aliphatic carbocycles. The normalized spacial score (nSPS) is 16.2. The van der Waals surface area contributed by atoms with Crippen LogP contribution < -0.4 is 10.6 Å². The number of benzene rings is 1. The Hall–Kier alpha value is -1.35. The van der Waals surface area contributed by atoms with Crippen LogP contribution in [0.25, 0.3) is 0 Å². The predicted molar refractivity (Wildman–Crippen MR) is 73.6 cm³/mol. The summed E-state index contributed by atoms with van der Waals surface area (Å²) in [5.74, 6) is 0.519. The fourth-order valence-corrected chi connectivity index (χ4v) is 2.20. The van der Waals surface area contributed by atoms with Gasteiger partial charge in [-0.15, -0.1) is 0 Å². The number of hydrogen-bond donors (Lipinski definition) is 2. The number of hydrogen-bond acceptors (Lipinski definition) is 2. The van der Waals surface area contributed by atoms with Gasteiger partial charge in [0, 0.05) is 18.2 Å². The number of nitrogens with one attached hydrogen (secondary N) is 2. The Morgan fingerprint density at radius 3 is 2.83 bits per heavy atom. The topological polar surface area (TPSA) is 41.1 Å². The highest BCUT2D eigenvalue weighted by Crippen LogP contribution is 2.19. The molecule has 1 unspecified atom stereocenters. The minimum Gasteiger partial charge on any atom is -0.349 e. The second-order valence-corrected chi connectivity index (χ2v) is 5.38. The zero-order chi connectivity index (χ0) is 13.1. The van der Waals surface area contributed by atoms with Crippen LogP contribution in [0.3, 0.4) is 0 Å². The molecule has 98 valence electrons. The van der Waals surface area contributed by atoms with Crippen molar-refractivity contribution in [3.05, 3.63) is 34.9 Å². The highest BCUT2D eigenvalue weighted by atomic mass is 16.1. The van der Waals surface area contributed by atoms with Crippen LogP contribution >= 0.6 is 0 Å². The van der Waals surface area contributed by atoms with Gasteiger partial charge in [-0.25, -0.2) is 0 Å². The van der Waals surface area contributed by atoms with Gasteiger partial charge in [-0.1, -0.05) is 26.0 Å². The molecular formula is C15H22N2O. The third-order valence-corrected chi connectivity index (χ3v) is 3.74. The van der Waals surface area contributed by atoms with E-state index in [4.69, 9.17) is 0 Å². The van der Waals surface area contributed by atoms with E-state index in [9.17, 15) is 4.79 Å². The average Bonchev–Trinajstić information content (AvgIpc) is 2.37. The SMILES string of the molecule is CC(C)C(C)NC(=O)c1cccc2c1CCNC2. The zero-order valence-electron chi connectivity index (χ0n) is 11.4. The molecule has 1 aliphatic heterocycles. The quantitative estimate of drug-likeness (QED) is 0.857. The van der Waals surface area contributed by atoms with Gasteiger partial charge in [-0.3, -0.25) is 4.79 Å². The van der Waals surface area contributed by atoms with E-state index in [0.717, 1.165) is 25.1 Å². The minimum absolute atomic E-state index is 0.0648. The third kappa shape index (κ3) is 2.72. The van der Waals surface area contributed by atoms with Crippen molar-refractivity contribution in [1.29, 1.82) is 0 Å². The summed E-state index contributed by atoms with van der Waals surface area (Å²) in [7, 11) is 0. The zero-order valence-corrected chi connectivity index (χ0v) is 11.4. The molecule has 1 atom stereocenters. The highest BCUT2D eigenvalue weighted by Gasteiger charge is 2.19. The summed E-state index contributed by atoms with van der Waals surface area (Å²) in [6, 6.07) is 6.22. The summed E-state index contributed by atoms with van der Waals surface area (Å²) in [5, 5.41) is 6.42. The van der Waals surface area contributed by atoms with E-state index in [1.165, 1.54) is 11.1 Å². The molecule has 2 rings (SSSR count). The molecule has 0 bridgehead atoms. The van der Waals surface area contributed by atoms with E-state index < -0.39 is 0 Å². The average molecular weight is 246 g/mol. The van der Waals surface area contributed by atoms with Crippen molar-refractivity contribution in [2.24, 2.45) is 5.92 Å². The number of amides is 1. The van der Waals surface area contributed by atoms with Crippen molar-refractivity contribution >= 4 is 5.91 Å². The molecule has 2 N–H and O–H groups in total. The summed E-state index contributed by atoms with van der Waals surface area (Å²) >= 11 is 0. The van der Waals surface area contributed by atoms with Crippen molar-refractivity contribution in [2.75, 3.05) is 6.54 Å². The summed E-state index contributed by atoms with van der Waals surface area (Å²) in [6.07, 6.45) is 0.939. The van der Waals surface area contributed by atoms with Gasteiger partial charge < -0.3 is 10.6 Å². The lowest BCUT2D eigenvalue weighted by molar-refractivity contribution is 0.0929. The molecule has 0 fully saturated rings. The third-order valence-electron chi connectivity index (χ3n) is 3.74. The maximum Gasteiger partial charge on any atom is 0.251 e. The highest BCUT2D eigenvalue weighted by molar-refractivity contribution is 5.96. The van der Waals surface area contributed by atoms with E-state index in [0.29, 0.717) is 5.92 Å². The van der Waals surface area contributed by atoms with Crippen LogP contribution in [0.2, 0.25) is 0 Å². The molecule has 1 heterocycles. The Morgan fingerprint density at radius 2 is 2.11 bits per heavy atom. The Labute approximate surface area is 109 Å². The monoisotopic (exact) mass is 246 g/mol. The Kier molecular flexibility index (Phi) is 4.02. The Balaban J connectivity index is 2.20. The first kappa shape index (κ1) is 13.1. The van der Waals surface area contributed by atoms with Crippen LogP contribution in [0.1, 0.15) is 42.3 Å². The second-order valence-electron chi connectivity index (χ2n) is 5.38. The Morgan fingerprint density at radius 1 is 1.33 bits per heavy atom. The van der Waals surface area contributed by atoms with Gasteiger partial charge in [0.25, 0.3) is 5.91 Å². The van der Waals surface area contributed by atoms with Crippen LogP contribution in [0.4, 0.5) is 0 Å². The molecule has 0 radical (unpaired) electrons. The molecule has 0 saturated heterocycles. The largest absolute Gasteiger partial charge is 0.349 e. The maximum absolute atomic E-state index is 12.3. The first-order valence-corrected chi connectivity index (χ1v) is 6.72. The van der Waals surface area contributed by atoms with Crippen molar-refractivity contribution in [3.63, 3.8) is 0 Å². The first-order chi connectivity index (χ1) is 8.59. The standard InChI is InChI=1S/C15H22N2O/c1-10(2)11(3)17-15(18)14-6-4-5-12-9-16-8-7-13(12)14/h4-6,10-11,16H,7-9H2,1-3H3,(H,17,18). The van der Waals surface area contributed by atoms with Crippen LogP contribution in [-0.2, 0) is 13.0 Å². The maximum atomic E-state index is 12.3. The van der Waals surface area contributed by atoms with Crippen LogP contribution in [-0.4, -0.2) is 18.5 Å². The molecule has 0 aromatic heterocycles. The van der Waals surface area contributed by atoms with Crippen LogP contribution in [0, 0.1) is 5.92 Å². The molecular weight excluding hydrogens is 224 g/mol. The molecule has 1 aliphatic rings. The molecule has 1 aromatic rings. The summed E-state index contributed by atoms with van der Waals surface area (Å²) in [5.41, 5.74) is 3.32. The molecule has 0 saturated carbocycles. The van der Waals surface area contributed by atoms with Crippen molar-refractivity contribution < 1.29 is 4.79 Å². The summed E-state index contributed by atoms with van der Waals surface area (Å²) in [6.45, 7) is 8.12. The number of carbonyl (C=O) groups excluding carboxylic acids is 1. The van der Waals surface area contributed by atoms with E-state index in [2.05, 4.69) is 37.5 Å². The first-order valence-electron chi connectivity index (χ1n) is 6.72. The van der Waals surface area contributed by atoms with Crippen molar-refractivity contribution in [1.82, 2.24) is 10.6 Å². The van der Waals surface area contributed by atoms with E-state index in [1.54, 1.807) is 0 Å². The molecule has 0 spiro atoms. The molecule has 18 heavy (non-hydrogen) atoms. The summed E-state index contributed by atoms with van der Waals surface area (Å²) < 4.78 is 0. The Bertz CT molecular complexity index is 440. The fraction of sp³-hybridized carbons (Fsp3) is 0.533. The smallest absolute Gasteiger partial charge is 0.251 e. The van der Waals surface area contributed by atoms with Gasteiger partial charge in [0.15, 0.2) is 0 Å². The molecule has 3 nitrogen and oxygen atoms in total. The lowest BCUT2D eigenvalue weighted by atomic mass is 9.94. The predicted octanol–water partition coefficient (Wildman–Crippen LogP) is 2.11.